The molecule has 0 aromatic heterocycles. The molecule has 0 heterocycles. The van der Waals surface area contributed by atoms with E-state index >= 15 is 0 Å². The van der Waals surface area contributed by atoms with Gasteiger partial charge < -0.3 is 9.84 Å². The van der Waals surface area contributed by atoms with Gasteiger partial charge in [-0.25, -0.2) is 13.1 Å². The molecule has 1 aromatic carbocycles. The second-order valence-corrected chi connectivity index (χ2v) is 7.05. The Hall–Kier alpha value is -1.11. The molecule has 0 spiro atoms. The van der Waals surface area contributed by atoms with E-state index in [0.29, 0.717) is 5.92 Å². The summed E-state index contributed by atoms with van der Waals surface area (Å²) in [5.41, 5.74) is 0.867. The van der Waals surface area contributed by atoms with Crippen molar-refractivity contribution < 1.29 is 18.3 Å². The number of sulfonamides is 1. The monoisotopic (exact) mass is 299 g/mol. The third-order valence-corrected chi connectivity index (χ3v) is 4.56. The van der Waals surface area contributed by atoms with E-state index < -0.39 is 10.0 Å². The molecule has 2 N–H and O–H groups in total. The van der Waals surface area contributed by atoms with Gasteiger partial charge in [0.25, 0.3) is 0 Å². The molecule has 1 aliphatic rings. The standard InChI is InChI=1S/C14H21NO4S/c16-7-2-8-20(17,18)15-10-13-3-1-4-14(9-13)19-11-12-5-6-12/h1,3-4,9,12,15-16H,2,5-8,10-11H2. The Labute approximate surface area is 120 Å². The van der Waals surface area contributed by atoms with Gasteiger partial charge in [-0.05, 0) is 42.9 Å². The molecule has 1 aliphatic carbocycles. The summed E-state index contributed by atoms with van der Waals surface area (Å²) in [6.45, 7) is 0.867. The van der Waals surface area contributed by atoms with E-state index in [-0.39, 0.29) is 25.3 Å². The molecule has 1 aromatic rings. The minimum Gasteiger partial charge on any atom is -0.493 e. The van der Waals surface area contributed by atoms with Crippen LogP contribution in [0.3, 0.4) is 0 Å². The van der Waals surface area contributed by atoms with Gasteiger partial charge in [-0.3, -0.25) is 0 Å². The normalized spacial score (nSPS) is 15.2. The second-order valence-electron chi connectivity index (χ2n) is 5.12. The number of hydrogen-bond donors (Lipinski definition) is 2. The lowest BCUT2D eigenvalue weighted by Gasteiger charge is -2.09. The van der Waals surface area contributed by atoms with E-state index in [2.05, 4.69) is 4.72 Å². The summed E-state index contributed by atoms with van der Waals surface area (Å²) in [5.74, 6) is 1.42. The minimum atomic E-state index is -3.32. The van der Waals surface area contributed by atoms with Crippen LogP contribution < -0.4 is 9.46 Å². The highest BCUT2D eigenvalue weighted by Crippen LogP contribution is 2.29. The highest BCUT2D eigenvalue weighted by molar-refractivity contribution is 7.89. The number of hydrogen-bond acceptors (Lipinski definition) is 4. The molecular formula is C14H21NO4S. The first-order valence-electron chi connectivity index (χ1n) is 6.89. The van der Waals surface area contributed by atoms with Gasteiger partial charge in [0.15, 0.2) is 0 Å². The summed E-state index contributed by atoms with van der Waals surface area (Å²) in [5, 5.41) is 8.65. The summed E-state index contributed by atoms with van der Waals surface area (Å²) in [4.78, 5) is 0. The van der Waals surface area contributed by atoms with Gasteiger partial charge >= 0.3 is 0 Å². The summed E-state index contributed by atoms with van der Waals surface area (Å²) >= 11 is 0. The van der Waals surface area contributed by atoms with Crippen LogP contribution in [0.2, 0.25) is 0 Å². The highest BCUT2D eigenvalue weighted by Gasteiger charge is 2.21. The molecule has 2 rings (SSSR count). The van der Waals surface area contributed by atoms with Gasteiger partial charge in [-0.1, -0.05) is 12.1 Å². The summed E-state index contributed by atoms with van der Waals surface area (Å²) < 4.78 is 31.4. The van der Waals surface area contributed by atoms with Crippen LogP contribution in [0.4, 0.5) is 0 Å². The van der Waals surface area contributed by atoms with Gasteiger partial charge in [0.1, 0.15) is 5.75 Å². The summed E-state index contributed by atoms with van der Waals surface area (Å²) in [6.07, 6.45) is 2.73. The molecule has 20 heavy (non-hydrogen) atoms. The van der Waals surface area contributed by atoms with Gasteiger partial charge in [0.2, 0.25) is 10.0 Å². The average Bonchev–Trinajstić information content (AvgIpc) is 3.26. The van der Waals surface area contributed by atoms with Gasteiger partial charge in [0, 0.05) is 13.2 Å². The molecule has 1 saturated carbocycles. The fourth-order valence-electron chi connectivity index (χ4n) is 1.76. The van der Waals surface area contributed by atoms with Crippen molar-refractivity contribution in [1.82, 2.24) is 4.72 Å². The Morgan fingerprint density at radius 2 is 2.15 bits per heavy atom. The average molecular weight is 299 g/mol. The van der Waals surface area contributed by atoms with E-state index in [1.807, 2.05) is 24.3 Å². The third kappa shape index (κ3) is 5.48. The molecule has 0 saturated heterocycles. The van der Waals surface area contributed by atoms with E-state index in [1.165, 1.54) is 12.8 Å². The van der Waals surface area contributed by atoms with E-state index in [9.17, 15) is 8.42 Å². The lowest BCUT2D eigenvalue weighted by atomic mass is 10.2. The molecule has 1 fully saturated rings. The molecule has 0 amide bonds. The van der Waals surface area contributed by atoms with Crippen LogP contribution >= 0.6 is 0 Å². The Kier molecular flexibility index (Phi) is 5.39. The first-order valence-corrected chi connectivity index (χ1v) is 8.54. The number of aliphatic hydroxyl groups excluding tert-OH is 1. The minimum absolute atomic E-state index is 0.0542. The predicted octanol–water partition coefficient (Wildman–Crippen LogP) is 1.28. The van der Waals surface area contributed by atoms with Crippen LogP contribution in [0.1, 0.15) is 24.8 Å². The van der Waals surface area contributed by atoms with Crippen LogP contribution in [0.15, 0.2) is 24.3 Å². The lowest BCUT2D eigenvalue weighted by Crippen LogP contribution is -2.26. The quantitative estimate of drug-likeness (QED) is 0.720. The largest absolute Gasteiger partial charge is 0.493 e. The van der Waals surface area contributed by atoms with Crippen LogP contribution in [0.25, 0.3) is 0 Å². The maximum absolute atomic E-state index is 11.6. The van der Waals surface area contributed by atoms with Gasteiger partial charge in [-0.15, -0.1) is 0 Å². The molecule has 112 valence electrons. The van der Waals surface area contributed by atoms with Crippen molar-refractivity contribution in [2.75, 3.05) is 19.0 Å². The third-order valence-electron chi connectivity index (χ3n) is 3.15. The molecule has 0 radical (unpaired) electrons. The van der Waals surface area contributed by atoms with Crippen molar-refractivity contribution in [1.29, 1.82) is 0 Å². The highest BCUT2D eigenvalue weighted by atomic mass is 32.2. The SMILES string of the molecule is O=S(=O)(CCCO)NCc1cccc(OCC2CC2)c1. The zero-order valence-corrected chi connectivity index (χ0v) is 12.2. The van der Waals surface area contributed by atoms with Crippen LogP contribution in [0, 0.1) is 5.92 Å². The van der Waals surface area contributed by atoms with Gasteiger partial charge in [-0.2, -0.15) is 0 Å². The maximum atomic E-state index is 11.6. The first-order chi connectivity index (χ1) is 9.59. The molecule has 0 bridgehead atoms. The zero-order chi connectivity index (χ0) is 14.4. The smallest absolute Gasteiger partial charge is 0.211 e. The zero-order valence-electron chi connectivity index (χ0n) is 11.4. The molecule has 0 unspecified atom stereocenters. The molecule has 0 atom stereocenters. The molecular weight excluding hydrogens is 278 g/mol. The van der Waals surface area contributed by atoms with Crippen LogP contribution in [0.5, 0.6) is 5.75 Å². The van der Waals surface area contributed by atoms with Gasteiger partial charge in [0.05, 0.1) is 12.4 Å². The number of aliphatic hydroxyl groups is 1. The van der Waals surface area contributed by atoms with Crippen molar-refractivity contribution in [2.24, 2.45) is 5.92 Å². The molecule has 6 heteroatoms. The maximum Gasteiger partial charge on any atom is 0.211 e. The van der Waals surface area contributed by atoms with Crippen molar-refractivity contribution in [3.63, 3.8) is 0 Å². The molecule has 5 nitrogen and oxygen atoms in total. The fourth-order valence-corrected chi connectivity index (χ4v) is 2.80. The molecule has 0 aliphatic heterocycles. The van der Waals surface area contributed by atoms with Crippen LogP contribution in [-0.2, 0) is 16.6 Å². The Morgan fingerprint density at radius 1 is 1.35 bits per heavy atom. The number of benzene rings is 1. The predicted molar refractivity (Wildman–Crippen MR) is 77.0 cm³/mol. The van der Waals surface area contributed by atoms with E-state index in [0.717, 1.165) is 17.9 Å². The topological polar surface area (TPSA) is 75.6 Å². The fraction of sp³-hybridized carbons (Fsp3) is 0.571. The number of rotatable bonds is 9. The van der Waals surface area contributed by atoms with Crippen molar-refractivity contribution in [2.45, 2.75) is 25.8 Å². The lowest BCUT2D eigenvalue weighted by molar-refractivity contribution is 0.295. The summed E-state index contributed by atoms with van der Waals surface area (Å²) in [6, 6.07) is 7.46. The summed E-state index contributed by atoms with van der Waals surface area (Å²) in [7, 11) is -3.32. The Morgan fingerprint density at radius 3 is 2.85 bits per heavy atom. The first kappa shape index (κ1) is 15.3. The Bertz CT molecular complexity index is 526. The number of ether oxygens (including phenoxy) is 1. The second kappa shape index (κ2) is 7.06. The van der Waals surface area contributed by atoms with E-state index in [1.54, 1.807) is 0 Å². The van der Waals surface area contributed by atoms with E-state index in [4.69, 9.17) is 9.84 Å². The van der Waals surface area contributed by atoms with Crippen molar-refractivity contribution in [3.8, 4) is 5.75 Å². The van der Waals surface area contributed by atoms with Crippen LogP contribution in [-0.4, -0.2) is 32.5 Å². The van der Waals surface area contributed by atoms with Crippen molar-refractivity contribution >= 4 is 10.0 Å². The van der Waals surface area contributed by atoms with Crippen molar-refractivity contribution in [3.05, 3.63) is 29.8 Å². The Balaban J connectivity index is 1.83. The number of nitrogens with one attached hydrogen (secondary N) is 1.